The molecule has 317 valence electrons. The second kappa shape index (κ2) is 18.7. The van der Waals surface area contributed by atoms with E-state index < -0.39 is 14.4 Å². The molecule has 0 aliphatic heterocycles. The van der Waals surface area contributed by atoms with Crippen molar-refractivity contribution < 1.29 is 22.8 Å². The van der Waals surface area contributed by atoms with Crippen molar-refractivity contribution in [3.05, 3.63) is 162 Å². The summed E-state index contributed by atoms with van der Waals surface area (Å²) in [6.45, 7) is 21.8. The van der Waals surface area contributed by atoms with Gasteiger partial charge < -0.3 is 9.55 Å². The number of fused-ring (bicyclic) bond motifs is 4. The van der Waals surface area contributed by atoms with Gasteiger partial charge in [-0.3, -0.25) is 4.98 Å². The summed E-state index contributed by atoms with van der Waals surface area (Å²) in [7, 11) is -1.67. The van der Waals surface area contributed by atoms with Gasteiger partial charge in [0.15, 0.2) is 0 Å². The van der Waals surface area contributed by atoms with E-state index in [1.807, 2.05) is 56.4 Å². The van der Waals surface area contributed by atoms with E-state index in [0.29, 0.717) is 11.8 Å². The maximum Gasteiger partial charge on any atom is 0.113 e. The van der Waals surface area contributed by atoms with E-state index >= 15 is 0 Å². The van der Waals surface area contributed by atoms with Crippen molar-refractivity contribution in [2.45, 2.75) is 86.3 Å². The number of pyridine rings is 2. The summed E-state index contributed by atoms with van der Waals surface area (Å²) in [4.78, 5) is 15.8. The molecule has 0 aliphatic rings. The van der Waals surface area contributed by atoms with Crippen LogP contribution in [-0.4, -0.2) is 27.6 Å². The molecule has 5 aromatic carbocycles. The van der Waals surface area contributed by atoms with Crippen molar-refractivity contribution in [3.8, 4) is 39.5 Å². The molecule has 0 N–H and O–H groups in total. The summed E-state index contributed by atoms with van der Waals surface area (Å²) in [5, 5.41) is 3.50. The minimum Gasteiger partial charge on any atom is -0.333 e. The van der Waals surface area contributed by atoms with Crippen LogP contribution >= 0.6 is 11.3 Å². The first-order chi connectivity index (χ1) is 30.0. The molecule has 0 saturated heterocycles. The number of hydrogen-bond acceptors (Lipinski definition) is 4. The number of imidazole rings is 1. The first-order valence-electron chi connectivity index (χ1n) is 22.4. The average molecular weight is 1030 g/mol. The van der Waals surface area contributed by atoms with Crippen LogP contribution in [0.15, 0.2) is 128 Å². The molecule has 1 radical (unpaired) electrons. The molecule has 0 bridgehead atoms. The van der Waals surface area contributed by atoms with Crippen LogP contribution in [0, 0.1) is 25.0 Å². The molecule has 9 aromatic rings. The number of thiophene rings is 1. The molecule has 0 fully saturated rings. The normalized spacial score (nSPS) is 12.5. The Labute approximate surface area is 389 Å². The molecule has 62 heavy (non-hydrogen) atoms. The maximum atomic E-state index is 8.55. The van der Waals surface area contributed by atoms with Crippen LogP contribution in [0.25, 0.3) is 70.8 Å². The molecular weight excluding hydrogens is 969 g/mol. The molecule has 4 nitrogen and oxygen atoms in total. The zero-order chi connectivity index (χ0) is 44.8. The molecule has 0 amide bonds. The van der Waals surface area contributed by atoms with Crippen molar-refractivity contribution in [1.82, 2.24) is 19.5 Å². The van der Waals surface area contributed by atoms with Gasteiger partial charge in [-0.15, -0.1) is 54.1 Å². The molecule has 7 heteroatoms. The van der Waals surface area contributed by atoms with E-state index in [0.717, 1.165) is 55.0 Å². The summed E-state index contributed by atoms with van der Waals surface area (Å²) >= 11 is 1.74. The number of benzene rings is 5. The van der Waals surface area contributed by atoms with Crippen LogP contribution < -0.4 is 5.19 Å². The fraction of sp³-hybridized carbons (Fsp3) is 0.255. The minimum atomic E-state index is -1.67. The van der Waals surface area contributed by atoms with Crippen molar-refractivity contribution in [1.29, 1.82) is 0 Å². The van der Waals surface area contributed by atoms with Gasteiger partial charge in [-0.25, -0.2) is 4.98 Å². The standard InChI is InChI=1S/C37H32N3S.C18H24NSi.Ir/c1-22(2)30-20-26(25-12-7-6-8-13-25)21-31(23(3)4)34(30)40-33-17-10-9-16-32(33)39-36(40)29-15-11-14-27-28-19-18-24(5)38-37(28)41-35(27)29;1-14(2)11-16-12-17(15-9-7-6-8-10-15)19-13-18(16)20(3,4)5;/h6-14,16-23H,1-5H3;6-9,12-14H,11H2,1-5H3;/q2*-1;/i;11D2;. The fourth-order valence-electron chi connectivity index (χ4n) is 8.10. The van der Waals surface area contributed by atoms with E-state index in [-0.39, 0.29) is 26.0 Å². The second-order valence-corrected chi connectivity index (χ2v) is 23.9. The molecule has 0 unspecified atom stereocenters. The third kappa shape index (κ3) is 9.19. The largest absolute Gasteiger partial charge is 0.333 e. The average Bonchev–Trinajstić information content (AvgIpc) is 3.84. The number of aryl methyl sites for hydroxylation is 1. The quantitative estimate of drug-likeness (QED) is 0.107. The summed E-state index contributed by atoms with van der Waals surface area (Å²) < 4.78 is 20.7. The Kier molecular flexibility index (Phi) is 12.8. The van der Waals surface area contributed by atoms with Crippen LogP contribution in [-0.2, 0) is 26.5 Å². The Morgan fingerprint density at radius 1 is 0.726 bits per heavy atom. The van der Waals surface area contributed by atoms with Gasteiger partial charge in [-0.1, -0.05) is 132 Å². The first kappa shape index (κ1) is 42.3. The number of nitrogens with zero attached hydrogens (tertiary/aromatic N) is 4. The summed E-state index contributed by atoms with van der Waals surface area (Å²) in [6.07, 6.45) is 0.528. The topological polar surface area (TPSA) is 43.6 Å². The number of aromatic nitrogens is 4. The fourth-order valence-corrected chi connectivity index (χ4v) is 10.7. The van der Waals surface area contributed by atoms with Crippen molar-refractivity contribution >= 4 is 55.9 Å². The molecule has 0 atom stereocenters. The van der Waals surface area contributed by atoms with Crippen molar-refractivity contribution in [2.75, 3.05) is 0 Å². The molecule has 4 heterocycles. The van der Waals surface area contributed by atoms with Gasteiger partial charge in [0.05, 0.1) is 24.9 Å². The van der Waals surface area contributed by atoms with Crippen LogP contribution in [0.4, 0.5) is 0 Å². The monoisotopic (exact) mass is 1030 g/mol. The zero-order valence-electron chi connectivity index (χ0n) is 39.4. The van der Waals surface area contributed by atoms with Crippen LogP contribution in [0.1, 0.15) is 78.5 Å². The summed E-state index contributed by atoms with van der Waals surface area (Å²) in [6, 6.07) is 48.9. The molecule has 4 aromatic heterocycles. The van der Waals surface area contributed by atoms with Crippen LogP contribution in [0.2, 0.25) is 19.6 Å². The predicted molar refractivity (Wildman–Crippen MR) is 264 cm³/mol. The molecule has 0 aliphatic carbocycles. The number of hydrogen-bond donors (Lipinski definition) is 0. The van der Waals surface area contributed by atoms with Crippen LogP contribution in [0.5, 0.6) is 0 Å². The van der Waals surface area contributed by atoms with E-state index in [1.165, 1.54) is 43.4 Å². The molecule has 0 saturated carbocycles. The van der Waals surface area contributed by atoms with Gasteiger partial charge in [0.1, 0.15) is 4.83 Å². The first-order valence-corrected chi connectivity index (χ1v) is 25.8. The second-order valence-electron chi connectivity index (χ2n) is 17.9. The number of rotatable bonds is 9. The third-order valence-electron chi connectivity index (χ3n) is 11.1. The minimum absolute atomic E-state index is 0. The Hall–Kier alpha value is -5.04. The van der Waals surface area contributed by atoms with Gasteiger partial charge in [0, 0.05) is 40.4 Å². The Bertz CT molecular complexity index is 3050. The van der Waals surface area contributed by atoms with Crippen molar-refractivity contribution in [3.63, 3.8) is 0 Å². The molecule has 0 spiro atoms. The van der Waals surface area contributed by atoms with Gasteiger partial charge in [-0.2, -0.15) is 11.3 Å². The number of para-hydroxylation sites is 2. The van der Waals surface area contributed by atoms with E-state index in [2.05, 4.69) is 161 Å². The maximum absolute atomic E-state index is 8.55. The van der Waals surface area contributed by atoms with E-state index in [9.17, 15) is 0 Å². The van der Waals surface area contributed by atoms with Crippen molar-refractivity contribution in [2.24, 2.45) is 5.92 Å². The molecule has 9 rings (SSSR count). The Morgan fingerprint density at radius 2 is 1.42 bits per heavy atom. The van der Waals surface area contributed by atoms with Gasteiger partial charge in [-0.05, 0) is 105 Å². The third-order valence-corrected chi connectivity index (χ3v) is 14.3. The van der Waals surface area contributed by atoms with E-state index in [1.54, 1.807) is 11.3 Å². The summed E-state index contributed by atoms with van der Waals surface area (Å²) in [5.74, 6) is 1.47. The van der Waals surface area contributed by atoms with Gasteiger partial charge in [0.2, 0.25) is 0 Å². The summed E-state index contributed by atoms with van der Waals surface area (Å²) in [5.41, 5.74) is 13.0. The smallest absolute Gasteiger partial charge is 0.113 e. The molecular formula is C55H56IrN4SSi-2. The van der Waals surface area contributed by atoms with Gasteiger partial charge >= 0.3 is 0 Å². The van der Waals surface area contributed by atoms with Gasteiger partial charge in [0.25, 0.3) is 0 Å². The van der Waals surface area contributed by atoms with Crippen LogP contribution in [0.3, 0.4) is 0 Å². The SMILES string of the molecule is Cc1ccc2c(n1)sc1c(-c3nc4ccccc4n3-c3c(C(C)C)cc(-c4ccccc4)cc3C(C)C)[c-]ccc12.[2H]C([2H])(c1cc(-c2[c-]cccc2)ncc1[Si](C)(C)C)C(C)C.[Ir]. The Morgan fingerprint density at radius 3 is 2.08 bits per heavy atom. The van der Waals surface area contributed by atoms with E-state index in [4.69, 9.17) is 12.7 Å². The zero-order valence-corrected chi connectivity index (χ0v) is 41.6. The Balaban J connectivity index is 0.000000227. The predicted octanol–water partition coefficient (Wildman–Crippen LogP) is 14.8.